The van der Waals surface area contributed by atoms with Gasteiger partial charge < -0.3 is 9.64 Å². The number of nitrogens with zero attached hydrogens (tertiary/aromatic N) is 1. The highest BCUT2D eigenvalue weighted by molar-refractivity contribution is 7.10. The van der Waals surface area contributed by atoms with Crippen LogP contribution < -0.4 is 4.74 Å². The van der Waals surface area contributed by atoms with Crippen LogP contribution in [-0.4, -0.2) is 31.0 Å². The summed E-state index contributed by atoms with van der Waals surface area (Å²) in [5.41, 5.74) is 1.17. The van der Waals surface area contributed by atoms with Crippen LogP contribution >= 0.6 is 11.3 Å². The van der Waals surface area contributed by atoms with E-state index in [4.69, 9.17) is 4.74 Å². The summed E-state index contributed by atoms with van der Waals surface area (Å²) in [6, 6.07) is 11.9. The first kappa shape index (κ1) is 14.6. The lowest BCUT2D eigenvalue weighted by atomic mass is 10.2. The lowest BCUT2D eigenvalue weighted by Crippen LogP contribution is -2.31. The van der Waals surface area contributed by atoms with E-state index in [0.29, 0.717) is 19.6 Å². The SMILES string of the molecule is Cc1cccc(OCCN(C)C(=O)Cc2cccs2)c1. The van der Waals surface area contributed by atoms with Crippen LogP contribution in [-0.2, 0) is 11.2 Å². The third-order valence-corrected chi connectivity index (χ3v) is 3.89. The first-order chi connectivity index (χ1) is 9.65. The molecule has 1 heterocycles. The molecule has 0 aliphatic rings. The van der Waals surface area contributed by atoms with Crippen molar-refractivity contribution in [1.29, 1.82) is 0 Å². The standard InChI is InChI=1S/C16H19NO2S/c1-13-5-3-6-14(11-13)19-9-8-17(2)16(18)12-15-7-4-10-20-15/h3-7,10-11H,8-9,12H2,1-2H3. The molecule has 1 aromatic heterocycles. The van der Waals surface area contributed by atoms with Gasteiger partial charge in [-0.3, -0.25) is 4.79 Å². The van der Waals surface area contributed by atoms with Gasteiger partial charge >= 0.3 is 0 Å². The summed E-state index contributed by atoms with van der Waals surface area (Å²) in [6.07, 6.45) is 0.471. The van der Waals surface area contributed by atoms with E-state index in [-0.39, 0.29) is 5.91 Å². The van der Waals surface area contributed by atoms with E-state index in [1.165, 1.54) is 5.56 Å². The van der Waals surface area contributed by atoms with Gasteiger partial charge in [0, 0.05) is 11.9 Å². The smallest absolute Gasteiger partial charge is 0.227 e. The van der Waals surface area contributed by atoms with Crippen molar-refractivity contribution in [1.82, 2.24) is 4.90 Å². The molecule has 0 N–H and O–H groups in total. The number of likely N-dealkylation sites (N-methyl/N-ethyl adjacent to an activating group) is 1. The second-order valence-corrected chi connectivity index (χ2v) is 5.77. The van der Waals surface area contributed by atoms with Gasteiger partial charge in [-0.2, -0.15) is 0 Å². The molecule has 0 saturated carbocycles. The zero-order valence-electron chi connectivity index (χ0n) is 11.8. The highest BCUT2D eigenvalue weighted by Gasteiger charge is 2.10. The molecule has 1 amide bonds. The molecule has 0 aliphatic carbocycles. The quantitative estimate of drug-likeness (QED) is 0.817. The van der Waals surface area contributed by atoms with E-state index in [0.717, 1.165) is 10.6 Å². The van der Waals surface area contributed by atoms with E-state index in [2.05, 4.69) is 0 Å². The number of ether oxygens (including phenoxy) is 1. The lowest BCUT2D eigenvalue weighted by Gasteiger charge is -2.17. The van der Waals surface area contributed by atoms with Crippen molar-refractivity contribution in [2.75, 3.05) is 20.2 Å². The maximum Gasteiger partial charge on any atom is 0.227 e. The molecule has 2 aromatic rings. The molecule has 20 heavy (non-hydrogen) atoms. The van der Waals surface area contributed by atoms with Gasteiger partial charge in [-0.15, -0.1) is 11.3 Å². The third kappa shape index (κ3) is 4.38. The Balaban J connectivity index is 1.74. The Kier molecular flexibility index (Phi) is 5.18. The zero-order chi connectivity index (χ0) is 14.4. The van der Waals surface area contributed by atoms with Crippen molar-refractivity contribution in [3.05, 3.63) is 52.2 Å². The summed E-state index contributed by atoms with van der Waals surface area (Å²) in [5.74, 6) is 0.976. The largest absolute Gasteiger partial charge is 0.492 e. The summed E-state index contributed by atoms with van der Waals surface area (Å²) in [7, 11) is 1.82. The van der Waals surface area contributed by atoms with Crippen molar-refractivity contribution in [2.45, 2.75) is 13.3 Å². The molecule has 0 aliphatic heterocycles. The van der Waals surface area contributed by atoms with E-state index >= 15 is 0 Å². The Bertz CT molecular complexity index is 551. The molecule has 0 saturated heterocycles. The molecule has 0 atom stereocenters. The number of thiophene rings is 1. The second kappa shape index (κ2) is 7.10. The fraction of sp³-hybridized carbons (Fsp3) is 0.312. The van der Waals surface area contributed by atoms with Crippen LogP contribution in [0.25, 0.3) is 0 Å². The predicted molar refractivity (Wildman–Crippen MR) is 82.3 cm³/mol. The minimum Gasteiger partial charge on any atom is -0.492 e. The highest BCUT2D eigenvalue weighted by Crippen LogP contribution is 2.12. The second-order valence-electron chi connectivity index (χ2n) is 4.74. The van der Waals surface area contributed by atoms with Crippen molar-refractivity contribution < 1.29 is 9.53 Å². The summed E-state index contributed by atoms with van der Waals surface area (Å²) in [4.78, 5) is 14.8. The maximum atomic E-state index is 12.0. The average Bonchev–Trinajstić information content (AvgIpc) is 2.91. The van der Waals surface area contributed by atoms with Crippen LogP contribution in [0.2, 0.25) is 0 Å². The number of aryl methyl sites for hydroxylation is 1. The van der Waals surface area contributed by atoms with Crippen LogP contribution in [0.15, 0.2) is 41.8 Å². The summed E-state index contributed by atoms with van der Waals surface area (Å²) in [6.45, 7) is 3.14. The van der Waals surface area contributed by atoms with E-state index < -0.39 is 0 Å². The van der Waals surface area contributed by atoms with Gasteiger partial charge in [-0.1, -0.05) is 18.2 Å². The van der Waals surface area contributed by atoms with Crippen LogP contribution in [0.4, 0.5) is 0 Å². The molecule has 106 valence electrons. The van der Waals surface area contributed by atoms with Crippen molar-refractivity contribution in [2.24, 2.45) is 0 Å². The minimum atomic E-state index is 0.125. The Hall–Kier alpha value is -1.81. The van der Waals surface area contributed by atoms with Gasteiger partial charge in [0.25, 0.3) is 0 Å². The topological polar surface area (TPSA) is 29.5 Å². The molecular weight excluding hydrogens is 270 g/mol. The maximum absolute atomic E-state index is 12.0. The van der Waals surface area contributed by atoms with Crippen molar-refractivity contribution in [3.63, 3.8) is 0 Å². The summed E-state index contributed by atoms with van der Waals surface area (Å²) >= 11 is 1.61. The third-order valence-electron chi connectivity index (χ3n) is 3.02. The van der Waals surface area contributed by atoms with Crippen LogP contribution in [0.1, 0.15) is 10.4 Å². The first-order valence-corrected chi connectivity index (χ1v) is 7.49. The summed E-state index contributed by atoms with van der Waals surface area (Å²) < 4.78 is 5.65. The number of hydrogen-bond acceptors (Lipinski definition) is 3. The number of hydrogen-bond donors (Lipinski definition) is 0. The number of carbonyl (C=O) groups excluding carboxylic acids is 1. The van der Waals surface area contributed by atoms with Crippen molar-refractivity contribution in [3.8, 4) is 5.75 Å². The molecule has 0 unspecified atom stereocenters. The predicted octanol–water partition coefficient (Wildman–Crippen LogP) is 3.14. The molecule has 4 heteroatoms. The zero-order valence-corrected chi connectivity index (χ0v) is 12.7. The molecular formula is C16H19NO2S. The lowest BCUT2D eigenvalue weighted by molar-refractivity contribution is -0.129. The van der Waals surface area contributed by atoms with Gasteiger partial charge in [0.05, 0.1) is 13.0 Å². The molecule has 1 aromatic carbocycles. The van der Waals surface area contributed by atoms with Gasteiger partial charge in [-0.05, 0) is 36.1 Å². The Morgan fingerprint density at radius 2 is 2.15 bits per heavy atom. The van der Waals surface area contributed by atoms with E-state index in [9.17, 15) is 4.79 Å². The molecule has 0 spiro atoms. The Labute approximate surface area is 123 Å². The van der Waals surface area contributed by atoms with E-state index in [1.54, 1.807) is 16.2 Å². The molecule has 0 radical (unpaired) electrons. The number of rotatable bonds is 6. The summed E-state index contributed by atoms with van der Waals surface area (Å²) in [5, 5.41) is 1.99. The average molecular weight is 289 g/mol. The fourth-order valence-corrected chi connectivity index (χ4v) is 2.52. The monoisotopic (exact) mass is 289 g/mol. The van der Waals surface area contributed by atoms with E-state index in [1.807, 2.05) is 55.7 Å². The van der Waals surface area contributed by atoms with Crippen LogP contribution in [0.5, 0.6) is 5.75 Å². The first-order valence-electron chi connectivity index (χ1n) is 6.61. The molecule has 0 fully saturated rings. The van der Waals surface area contributed by atoms with Gasteiger partial charge in [-0.25, -0.2) is 0 Å². The van der Waals surface area contributed by atoms with Gasteiger partial charge in [0.2, 0.25) is 5.91 Å². The molecule has 2 rings (SSSR count). The number of benzene rings is 1. The number of amides is 1. The molecule has 0 bridgehead atoms. The van der Waals surface area contributed by atoms with Crippen LogP contribution in [0.3, 0.4) is 0 Å². The van der Waals surface area contributed by atoms with Gasteiger partial charge in [0.1, 0.15) is 12.4 Å². The number of carbonyl (C=O) groups is 1. The van der Waals surface area contributed by atoms with Gasteiger partial charge in [0.15, 0.2) is 0 Å². The van der Waals surface area contributed by atoms with Crippen LogP contribution in [0, 0.1) is 6.92 Å². The van der Waals surface area contributed by atoms with Crippen molar-refractivity contribution >= 4 is 17.2 Å². The fourth-order valence-electron chi connectivity index (χ4n) is 1.83. The Morgan fingerprint density at radius 3 is 2.85 bits per heavy atom. The Morgan fingerprint density at radius 1 is 1.30 bits per heavy atom. The normalized spacial score (nSPS) is 10.3. The molecule has 3 nitrogen and oxygen atoms in total. The minimum absolute atomic E-state index is 0.125. The highest BCUT2D eigenvalue weighted by atomic mass is 32.1.